The summed E-state index contributed by atoms with van der Waals surface area (Å²) in [5.74, 6) is 0.448. The second-order valence-corrected chi connectivity index (χ2v) is 6.05. The Hall–Kier alpha value is -2.56. The number of benzene rings is 1. The van der Waals surface area contributed by atoms with E-state index in [1.54, 1.807) is 12.3 Å². The minimum absolute atomic E-state index is 0.448. The molecule has 0 radical (unpaired) electrons. The monoisotopic (exact) mass is 299 g/mol. The molecule has 2 aromatic rings. The standard InChI is InChI=1S/C17H21N3O2/c1-12-5-7-13(8-6-12)19-14-9-10-15(18-11-14)20-16(21)22-17(2,3)4/h5-11,19H,1-4H3,(H,18,20,21). The van der Waals surface area contributed by atoms with Crippen LogP contribution in [0.25, 0.3) is 0 Å². The lowest BCUT2D eigenvalue weighted by molar-refractivity contribution is 0.0635. The van der Waals surface area contributed by atoms with Crippen LogP contribution in [-0.2, 0) is 4.74 Å². The summed E-state index contributed by atoms with van der Waals surface area (Å²) in [6, 6.07) is 11.6. The third-order valence-electron chi connectivity index (χ3n) is 2.73. The molecule has 0 unspecified atom stereocenters. The van der Waals surface area contributed by atoms with Gasteiger partial charge in [-0.25, -0.2) is 9.78 Å². The summed E-state index contributed by atoms with van der Waals surface area (Å²) in [6.07, 6.45) is 1.14. The van der Waals surface area contributed by atoms with Crippen LogP contribution in [0.4, 0.5) is 22.0 Å². The van der Waals surface area contributed by atoms with Gasteiger partial charge in [-0.3, -0.25) is 5.32 Å². The number of pyridine rings is 1. The van der Waals surface area contributed by atoms with Gasteiger partial charge >= 0.3 is 6.09 Å². The van der Waals surface area contributed by atoms with Gasteiger partial charge in [-0.2, -0.15) is 0 Å². The lowest BCUT2D eigenvalue weighted by atomic mass is 10.2. The van der Waals surface area contributed by atoms with Crippen molar-refractivity contribution in [3.63, 3.8) is 0 Å². The van der Waals surface area contributed by atoms with Crippen LogP contribution in [0, 0.1) is 6.92 Å². The van der Waals surface area contributed by atoms with Gasteiger partial charge in [0.1, 0.15) is 11.4 Å². The molecule has 22 heavy (non-hydrogen) atoms. The molecule has 116 valence electrons. The van der Waals surface area contributed by atoms with Crippen LogP contribution in [0.2, 0.25) is 0 Å². The van der Waals surface area contributed by atoms with E-state index < -0.39 is 11.7 Å². The normalized spacial score (nSPS) is 10.9. The van der Waals surface area contributed by atoms with Gasteiger partial charge in [-0.05, 0) is 52.0 Å². The van der Waals surface area contributed by atoms with Crippen molar-refractivity contribution < 1.29 is 9.53 Å². The number of anilines is 3. The van der Waals surface area contributed by atoms with Crippen molar-refractivity contribution in [2.24, 2.45) is 0 Å². The SMILES string of the molecule is Cc1ccc(Nc2ccc(NC(=O)OC(C)(C)C)nc2)cc1. The molecule has 0 saturated heterocycles. The number of carbonyl (C=O) groups is 1. The fourth-order valence-corrected chi connectivity index (χ4v) is 1.75. The molecular formula is C17H21N3O2. The Morgan fingerprint density at radius 2 is 1.68 bits per heavy atom. The van der Waals surface area contributed by atoms with Crippen molar-refractivity contribution in [2.45, 2.75) is 33.3 Å². The maximum Gasteiger partial charge on any atom is 0.413 e. The molecule has 0 aliphatic carbocycles. The molecular weight excluding hydrogens is 278 g/mol. The van der Waals surface area contributed by atoms with Gasteiger partial charge in [0.05, 0.1) is 11.9 Å². The van der Waals surface area contributed by atoms with Crippen LogP contribution in [0.5, 0.6) is 0 Å². The first-order valence-electron chi connectivity index (χ1n) is 7.11. The van der Waals surface area contributed by atoms with Crippen molar-refractivity contribution >= 4 is 23.3 Å². The van der Waals surface area contributed by atoms with Crippen LogP contribution < -0.4 is 10.6 Å². The van der Waals surface area contributed by atoms with Crippen molar-refractivity contribution in [3.05, 3.63) is 48.2 Å². The van der Waals surface area contributed by atoms with Gasteiger partial charge in [0, 0.05) is 5.69 Å². The first kappa shape index (κ1) is 15.8. The van der Waals surface area contributed by atoms with Crippen LogP contribution in [0.1, 0.15) is 26.3 Å². The first-order valence-corrected chi connectivity index (χ1v) is 7.11. The largest absolute Gasteiger partial charge is 0.444 e. The lowest BCUT2D eigenvalue weighted by Gasteiger charge is -2.19. The van der Waals surface area contributed by atoms with E-state index in [0.29, 0.717) is 5.82 Å². The molecule has 1 aromatic heterocycles. The highest BCUT2D eigenvalue weighted by Crippen LogP contribution is 2.18. The summed E-state index contributed by atoms with van der Waals surface area (Å²) in [4.78, 5) is 15.8. The van der Waals surface area contributed by atoms with E-state index in [2.05, 4.69) is 15.6 Å². The minimum Gasteiger partial charge on any atom is -0.444 e. The summed E-state index contributed by atoms with van der Waals surface area (Å²) in [5, 5.41) is 5.84. The molecule has 2 rings (SSSR count). The van der Waals surface area contributed by atoms with Crippen LogP contribution in [0.15, 0.2) is 42.6 Å². The van der Waals surface area contributed by atoms with Crippen LogP contribution >= 0.6 is 0 Å². The Morgan fingerprint density at radius 3 is 2.23 bits per heavy atom. The Balaban J connectivity index is 1.95. The second kappa shape index (κ2) is 6.47. The topological polar surface area (TPSA) is 63.2 Å². The quantitative estimate of drug-likeness (QED) is 0.877. The molecule has 5 heteroatoms. The zero-order valence-corrected chi connectivity index (χ0v) is 13.3. The van der Waals surface area contributed by atoms with Gasteiger partial charge in [-0.15, -0.1) is 0 Å². The number of aromatic nitrogens is 1. The molecule has 0 aliphatic heterocycles. The average Bonchev–Trinajstić information content (AvgIpc) is 2.41. The summed E-state index contributed by atoms with van der Waals surface area (Å²) in [5.41, 5.74) is 2.51. The molecule has 0 saturated carbocycles. The van der Waals surface area contributed by atoms with E-state index in [4.69, 9.17) is 4.74 Å². The molecule has 1 amide bonds. The Labute approximate surface area is 130 Å². The molecule has 0 fully saturated rings. The van der Waals surface area contributed by atoms with Gasteiger partial charge in [-0.1, -0.05) is 17.7 Å². The smallest absolute Gasteiger partial charge is 0.413 e. The van der Waals surface area contributed by atoms with Crippen LogP contribution in [0.3, 0.4) is 0 Å². The van der Waals surface area contributed by atoms with Gasteiger partial charge in [0.15, 0.2) is 0 Å². The van der Waals surface area contributed by atoms with Crippen molar-refractivity contribution in [3.8, 4) is 0 Å². The van der Waals surface area contributed by atoms with E-state index in [9.17, 15) is 4.79 Å². The fraction of sp³-hybridized carbons (Fsp3) is 0.294. The molecule has 1 heterocycles. The number of aryl methyl sites for hydroxylation is 1. The maximum atomic E-state index is 11.6. The summed E-state index contributed by atoms with van der Waals surface area (Å²) in [6.45, 7) is 7.49. The number of ether oxygens (including phenoxy) is 1. The van der Waals surface area contributed by atoms with Crippen molar-refractivity contribution in [1.29, 1.82) is 0 Å². The number of nitrogens with zero attached hydrogens (tertiary/aromatic N) is 1. The predicted molar refractivity (Wildman–Crippen MR) is 88.6 cm³/mol. The van der Waals surface area contributed by atoms with Crippen molar-refractivity contribution in [1.82, 2.24) is 4.98 Å². The van der Waals surface area contributed by atoms with Crippen molar-refractivity contribution in [2.75, 3.05) is 10.6 Å². The minimum atomic E-state index is -0.531. The highest BCUT2D eigenvalue weighted by molar-refractivity contribution is 5.83. The third kappa shape index (κ3) is 5.09. The highest BCUT2D eigenvalue weighted by Gasteiger charge is 2.16. The van der Waals surface area contributed by atoms with E-state index in [-0.39, 0.29) is 0 Å². The molecule has 2 N–H and O–H groups in total. The average molecular weight is 299 g/mol. The van der Waals surface area contributed by atoms with E-state index in [0.717, 1.165) is 11.4 Å². The number of carbonyl (C=O) groups excluding carboxylic acids is 1. The number of nitrogens with one attached hydrogen (secondary N) is 2. The predicted octanol–water partition coefficient (Wildman–Crippen LogP) is 4.48. The Bertz CT molecular complexity index is 628. The first-order chi connectivity index (χ1) is 10.3. The number of hydrogen-bond acceptors (Lipinski definition) is 4. The molecule has 1 aromatic carbocycles. The Morgan fingerprint density at radius 1 is 1.05 bits per heavy atom. The number of rotatable bonds is 3. The highest BCUT2D eigenvalue weighted by atomic mass is 16.6. The Kier molecular flexibility index (Phi) is 4.65. The summed E-state index contributed by atoms with van der Waals surface area (Å²) >= 11 is 0. The zero-order valence-electron chi connectivity index (χ0n) is 13.3. The fourth-order valence-electron chi connectivity index (χ4n) is 1.75. The maximum absolute atomic E-state index is 11.6. The van der Waals surface area contributed by atoms with Crippen LogP contribution in [-0.4, -0.2) is 16.7 Å². The van der Waals surface area contributed by atoms with Gasteiger partial charge in [0.2, 0.25) is 0 Å². The molecule has 0 aliphatic rings. The lowest BCUT2D eigenvalue weighted by Crippen LogP contribution is -2.27. The third-order valence-corrected chi connectivity index (χ3v) is 2.73. The summed E-state index contributed by atoms with van der Waals surface area (Å²) in [7, 11) is 0. The van der Waals surface area contributed by atoms with E-state index in [1.165, 1.54) is 5.56 Å². The molecule has 0 atom stereocenters. The molecule has 5 nitrogen and oxygen atoms in total. The second-order valence-electron chi connectivity index (χ2n) is 6.05. The molecule has 0 bridgehead atoms. The van der Waals surface area contributed by atoms with E-state index >= 15 is 0 Å². The molecule has 0 spiro atoms. The summed E-state index contributed by atoms with van der Waals surface area (Å²) < 4.78 is 5.17. The number of hydrogen-bond donors (Lipinski definition) is 2. The zero-order chi connectivity index (χ0) is 16.2. The van der Waals surface area contributed by atoms with Gasteiger partial charge in [0.25, 0.3) is 0 Å². The van der Waals surface area contributed by atoms with Gasteiger partial charge < -0.3 is 10.1 Å². The number of amides is 1. The van der Waals surface area contributed by atoms with E-state index in [1.807, 2.05) is 58.0 Å².